The monoisotopic (exact) mass is 458 g/mol. The van der Waals surface area contributed by atoms with E-state index in [1.807, 2.05) is 22.8 Å². The van der Waals surface area contributed by atoms with Crippen LogP contribution in [0.2, 0.25) is 0 Å². The molecule has 0 radical (unpaired) electrons. The van der Waals surface area contributed by atoms with Crippen molar-refractivity contribution in [3.63, 3.8) is 0 Å². The van der Waals surface area contributed by atoms with Crippen molar-refractivity contribution in [2.75, 3.05) is 30.0 Å². The summed E-state index contributed by atoms with van der Waals surface area (Å²) < 4.78 is 19.2. The van der Waals surface area contributed by atoms with E-state index >= 15 is 0 Å². The molecule has 0 amide bonds. The lowest BCUT2D eigenvalue weighted by Crippen LogP contribution is -2.10. The van der Waals surface area contributed by atoms with E-state index in [0.717, 1.165) is 42.4 Å². The number of fused-ring (bicyclic) bond motifs is 1. The fourth-order valence-electron chi connectivity index (χ4n) is 3.60. The van der Waals surface area contributed by atoms with Gasteiger partial charge in [-0.15, -0.1) is 0 Å². The van der Waals surface area contributed by atoms with Crippen molar-refractivity contribution in [1.82, 2.24) is 19.3 Å². The fourth-order valence-corrected chi connectivity index (χ4v) is 3.95. The van der Waals surface area contributed by atoms with Crippen molar-refractivity contribution in [2.45, 2.75) is 58.4 Å². The molecule has 0 atom stereocenters. The minimum atomic E-state index is -0.212. The summed E-state index contributed by atoms with van der Waals surface area (Å²) in [5.74, 6) is 1.72. The van der Waals surface area contributed by atoms with Gasteiger partial charge in [-0.3, -0.25) is 4.72 Å². The second kappa shape index (κ2) is 12.6. The van der Waals surface area contributed by atoms with Crippen molar-refractivity contribution in [3.8, 4) is 0 Å². The SMILES string of the molecule is CSNCCCCCCCNc1cc(NCc2ccccc2F)n2ncc(C(C)C)c2n1. The van der Waals surface area contributed by atoms with Crippen LogP contribution in [0.1, 0.15) is 63.0 Å². The summed E-state index contributed by atoms with van der Waals surface area (Å²) in [6, 6.07) is 8.78. The minimum absolute atomic E-state index is 0.212. The summed E-state index contributed by atoms with van der Waals surface area (Å²) >= 11 is 1.68. The maximum atomic E-state index is 14.1. The van der Waals surface area contributed by atoms with Crippen LogP contribution in [0.15, 0.2) is 36.5 Å². The second-order valence-electron chi connectivity index (χ2n) is 8.25. The quantitative estimate of drug-likeness (QED) is 0.208. The van der Waals surface area contributed by atoms with Gasteiger partial charge >= 0.3 is 0 Å². The molecule has 0 saturated carbocycles. The number of unbranched alkanes of at least 4 members (excludes halogenated alkanes) is 4. The summed E-state index contributed by atoms with van der Waals surface area (Å²) in [6.45, 7) is 6.62. The predicted molar refractivity (Wildman–Crippen MR) is 134 cm³/mol. The number of nitrogens with zero attached hydrogens (tertiary/aromatic N) is 3. The topological polar surface area (TPSA) is 66.3 Å². The highest BCUT2D eigenvalue weighted by molar-refractivity contribution is 7.96. The second-order valence-corrected chi connectivity index (χ2v) is 8.95. The van der Waals surface area contributed by atoms with Gasteiger partial charge in [0.1, 0.15) is 17.5 Å². The van der Waals surface area contributed by atoms with Gasteiger partial charge in [0.05, 0.1) is 6.20 Å². The molecular formula is C24H35FN6S. The molecule has 0 aliphatic rings. The third kappa shape index (κ3) is 6.84. The van der Waals surface area contributed by atoms with Crippen LogP contribution in [0.5, 0.6) is 0 Å². The molecule has 1 aromatic carbocycles. The third-order valence-electron chi connectivity index (χ3n) is 5.44. The van der Waals surface area contributed by atoms with Crippen LogP contribution < -0.4 is 15.4 Å². The van der Waals surface area contributed by atoms with Crippen LogP contribution in [0, 0.1) is 5.82 Å². The Labute approximate surface area is 194 Å². The van der Waals surface area contributed by atoms with Crippen molar-refractivity contribution in [1.29, 1.82) is 0 Å². The van der Waals surface area contributed by atoms with Gasteiger partial charge in [0.15, 0.2) is 5.65 Å². The molecule has 0 aliphatic carbocycles. The van der Waals surface area contributed by atoms with Gasteiger partial charge in [-0.2, -0.15) is 9.61 Å². The normalized spacial score (nSPS) is 11.4. The highest BCUT2D eigenvalue weighted by Gasteiger charge is 2.14. The molecule has 6 nitrogen and oxygen atoms in total. The van der Waals surface area contributed by atoms with Crippen molar-refractivity contribution in [3.05, 3.63) is 53.5 Å². The zero-order valence-corrected chi connectivity index (χ0v) is 20.1. The first kappa shape index (κ1) is 24.3. The van der Waals surface area contributed by atoms with Crippen molar-refractivity contribution >= 4 is 29.2 Å². The standard InChI is InChI=1S/C24H35FN6S/c1-18(2)20-17-28-31-23(27-16-19-11-7-8-12-21(19)25)15-22(30-24(20)31)26-13-9-5-4-6-10-14-29-32-3/h7-8,11-12,15,17-18,27,29H,4-6,9-10,13-14,16H2,1-3H3,(H,26,30). The Morgan fingerprint density at radius 3 is 2.53 bits per heavy atom. The first-order chi connectivity index (χ1) is 15.6. The van der Waals surface area contributed by atoms with Crippen LogP contribution in [-0.4, -0.2) is 33.9 Å². The van der Waals surface area contributed by atoms with Gasteiger partial charge in [0, 0.05) is 36.8 Å². The number of aromatic nitrogens is 3. The maximum Gasteiger partial charge on any atom is 0.163 e. The van der Waals surface area contributed by atoms with E-state index in [0.29, 0.717) is 18.0 Å². The Morgan fingerprint density at radius 1 is 1.03 bits per heavy atom. The highest BCUT2D eigenvalue weighted by atomic mass is 32.2. The fraction of sp³-hybridized carbons (Fsp3) is 0.500. The highest BCUT2D eigenvalue weighted by Crippen LogP contribution is 2.24. The molecule has 0 unspecified atom stereocenters. The molecule has 3 rings (SSSR count). The first-order valence-electron chi connectivity index (χ1n) is 11.5. The van der Waals surface area contributed by atoms with Crippen molar-refractivity contribution in [2.24, 2.45) is 0 Å². The average Bonchev–Trinajstić information content (AvgIpc) is 3.22. The molecule has 8 heteroatoms. The number of benzene rings is 1. The molecule has 0 saturated heterocycles. The van der Waals surface area contributed by atoms with Crippen LogP contribution in [0.3, 0.4) is 0 Å². The molecular weight excluding hydrogens is 423 g/mol. The van der Waals surface area contributed by atoms with E-state index in [4.69, 9.17) is 4.98 Å². The predicted octanol–water partition coefficient (Wildman–Crippen LogP) is 5.83. The summed E-state index contributed by atoms with van der Waals surface area (Å²) in [6.07, 6.45) is 9.98. The Bertz CT molecular complexity index is 974. The van der Waals surface area contributed by atoms with Crippen LogP contribution in [0.4, 0.5) is 16.0 Å². The molecule has 3 N–H and O–H groups in total. The molecule has 0 bridgehead atoms. The lowest BCUT2D eigenvalue weighted by atomic mass is 10.1. The van der Waals surface area contributed by atoms with E-state index < -0.39 is 0 Å². The molecule has 2 heterocycles. The lowest BCUT2D eigenvalue weighted by molar-refractivity contribution is 0.612. The number of rotatable bonds is 14. The number of nitrogens with one attached hydrogen (secondary N) is 3. The Balaban J connectivity index is 1.63. The molecule has 0 spiro atoms. The largest absolute Gasteiger partial charge is 0.370 e. The Kier molecular flexibility index (Phi) is 9.62. The number of hydrogen-bond donors (Lipinski definition) is 3. The third-order valence-corrected chi connectivity index (χ3v) is 5.94. The van der Waals surface area contributed by atoms with E-state index in [2.05, 4.69) is 40.6 Å². The summed E-state index contributed by atoms with van der Waals surface area (Å²) in [4.78, 5) is 4.82. The average molecular weight is 459 g/mol. The van der Waals surface area contributed by atoms with E-state index in [-0.39, 0.29) is 5.82 Å². The maximum absolute atomic E-state index is 14.1. The number of anilines is 2. The summed E-state index contributed by atoms with van der Waals surface area (Å²) in [7, 11) is 0. The van der Waals surface area contributed by atoms with E-state index in [1.165, 1.54) is 31.7 Å². The van der Waals surface area contributed by atoms with Gasteiger partial charge in [0.25, 0.3) is 0 Å². The van der Waals surface area contributed by atoms with E-state index in [9.17, 15) is 4.39 Å². The number of hydrogen-bond acceptors (Lipinski definition) is 6. The van der Waals surface area contributed by atoms with Crippen LogP contribution in [0.25, 0.3) is 5.65 Å². The molecule has 0 aliphatic heterocycles. The Hall–Kier alpha value is -2.32. The summed E-state index contributed by atoms with van der Waals surface area (Å²) in [5.41, 5.74) is 2.56. The minimum Gasteiger partial charge on any atom is -0.370 e. The molecule has 32 heavy (non-hydrogen) atoms. The molecule has 2 aromatic heterocycles. The Morgan fingerprint density at radius 2 is 1.78 bits per heavy atom. The van der Waals surface area contributed by atoms with E-state index in [1.54, 1.807) is 24.1 Å². The van der Waals surface area contributed by atoms with Gasteiger partial charge < -0.3 is 10.6 Å². The van der Waals surface area contributed by atoms with Gasteiger partial charge in [-0.25, -0.2) is 9.37 Å². The zero-order chi connectivity index (χ0) is 22.8. The lowest BCUT2D eigenvalue weighted by Gasteiger charge is -2.13. The smallest absolute Gasteiger partial charge is 0.163 e. The van der Waals surface area contributed by atoms with Crippen LogP contribution in [-0.2, 0) is 6.54 Å². The van der Waals surface area contributed by atoms with Gasteiger partial charge in [-0.1, -0.05) is 63.3 Å². The van der Waals surface area contributed by atoms with Gasteiger partial charge in [-0.05, 0) is 31.1 Å². The molecule has 3 aromatic rings. The molecule has 0 fully saturated rings. The summed E-state index contributed by atoms with van der Waals surface area (Å²) in [5, 5.41) is 11.3. The molecule has 174 valence electrons. The van der Waals surface area contributed by atoms with Gasteiger partial charge in [0.2, 0.25) is 0 Å². The first-order valence-corrected chi connectivity index (χ1v) is 12.7. The van der Waals surface area contributed by atoms with Crippen molar-refractivity contribution < 1.29 is 4.39 Å². The number of halogens is 1. The van der Waals surface area contributed by atoms with Crippen LogP contribution >= 0.6 is 11.9 Å². The zero-order valence-electron chi connectivity index (χ0n) is 19.3.